The van der Waals surface area contributed by atoms with Gasteiger partial charge in [0.1, 0.15) is 0 Å². The Morgan fingerprint density at radius 2 is 1.76 bits per heavy atom. The van der Waals surface area contributed by atoms with Crippen LogP contribution in [0.15, 0.2) is 4.99 Å². The van der Waals surface area contributed by atoms with Crippen molar-refractivity contribution in [3.8, 4) is 0 Å². The van der Waals surface area contributed by atoms with Crippen LogP contribution in [0.3, 0.4) is 0 Å². The van der Waals surface area contributed by atoms with Gasteiger partial charge in [-0.15, -0.1) is 0 Å². The highest BCUT2D eigenvalue weighted by molar-refractivity contribution is 5.80. The molecule has 1 aliphatic carbocycles. The third-order valence-electron chi connectivity index (χ3n) is 4.28. The van der Waals surface area contributed by atoms with E-state index < -0.39 is 0 Å². The molecule has 0 aromatic carbocycles. The number of rotatable bonds is 7. The number of carbonyl (C=O) groups is 1. The molecular weight excluding hydrogens is 264 g/mol. The van der Waals surface area contributed by atoms with Crippen LogP contribution in [0.25, 0.3) is 0 Å². The molecule has 5 nitrogen and oxygen atoms in total. The van der Waals surface area contributed by atoms with E-state index in [1.54, 1.807) is 7.05 Å². The summed E-state index contributed by atoms with van der Waals surface area (Å²) >= 11 is 0. The number of hydrogen-bond acceptors (Lipinski definition) is 2. The van der Waals surface area contributed by atoms with E-state index in [0.29, 0.717) is 37.4 Å². The minimum absolute atomic E-state index is 0.183. The summed E-state index contributed by atoms with van der Waals surface area (Å²) in [6, 6.07) is 0.369. The Hall–Kier alpha value is -1.26. The lowest BCUT2D eigenvalue weighted by Crippen LogP contribution is -2.46. The summed E-state index contributed by atoms with van der Waals surface area (Å²) in [4.78, 5) is 16.0. The smallest absolute Gasteiger partial charge is 0.220 e. The van der Waals surface area contributed by atoms with Crippen LogP contribution in [0.5, 0.6) is 0 Å². The van der Waals surface area contributed by atoms with Gasteiger partial charge in [-0.1, -0.05) is 26.7 Å². The van der Waals surface area contributed by atoms with Gasteiger partial charge in [-0.3, -0.25) is 9.79 Å². The highest BCUT2D eigenvalue weighted by Crippen LogP contribution is 2.27. The van der Waals surface area contributed by atoms with E-state index >= 15 is 0 Å². The van der Waals surface area contributed by atoms with E-state index in [1.165, 1.54) is 25.7 Å². The standard InChI is InChI=1S/C16H32N4O/c1-12(2)13(3)20-16(17-4)19-10-9-18-15(21)11-14-7-5-6-8-14/h12-14H,5-11H2,1-4H3,(H,18,21)(H2,17,19,20). The second-order valence-electron chi connectivity index (χ2n) is 6.38. The Morgan fingerprint density at radius 3 is 2.33 bits per heavy atom. The highest BCUT2D eigenvalue weighted by Gasteiger charge is 2.18. The van der Waals surface area contributed by atoms with E-state index in [0.717, 1.165) is 5.96 Å². The first kappa shape index (κ1) is 17.8. The summed E-state index contributed by atoms with van der Waals surface area (Å²) < 4.78 is 0. The summed E-state index contributed by atoms with van der Waals surface area (Å²) in [5, 5.41) is 9.55. The minimum atomic E-state index is 0.183. The molecule has 1 rings (SSSR count). The van der Waals surface area contributed by atoms with Crippen LogP contribution >= 0.6 is 0 Å². The number of guanidine groups is 1. The zero-order valence-electron chi connectivity index (χ0n) is 14.0. The average Bonchev–Trinajstić information content (AvgIpc) is 2.94. The van der Waals surface area contributed by atoms with Gasteiger partial charge in [0.15, 0.2) is 5.96 Å². The second-order valence-corrected chi connectivity index (χ2v) is 6.38. The normalized spacial score (nSPS) is 17.9. The van der Waals surface area contributed by atoms with E-state index in [9.17, 15) is 4.79 Å². The predicted molar refractivity (Wildman–Crippen MR) is 88.4 cm³/mol. The third kappa shape index (κ3) is 7.34. The summed E-state index contributed by atoms with van der Waals surface area (Å²) in [6.45, 7) is 7.83. The molecule has 0 heterocycles. The number of nitrogens with zero attached hydrogens (tertiary/aromatic N) is 1. The van der Waals surface area contributed by atoms with Crippen LogP contribution < -0.4 is 16.0 Å². The molecule has 21 heavy (non-hydrogen) atoms. The fourth-order valence-electron chi connectivity index (χ4n) is 2.51. The second kappa shape index (κ2) is 9.64. The Bertz CT molecular complexity index is 335. The molecule has 0 spiro atoms. The molecule has 0 aromatic rings. The topological polar surface area (TPSA) is 65.5 Å². The molecule has 1 unspecified atom stereocenters. The van der Waals surface area contributed by atoms with Gasteiger partial charge in [-0.05, 0) is 31.6 Å². The fraction of sp³-hybridized carbons (Fsp3) is 0.875. The maximum absolute atomic E-state index is 11.8. The van der Waals surface area contributed by atoms with E-state index in [1.807, 2.05) is 0 Å². The maximum atomic E-state index is 11.8. The van der Waals surface area contributed by atoms with Crippen molar-refractivity contribution in [2.45, 2.75) is 58.9 Å². The minimum Gasteiger partial charge on any atom is -0.355 e. The summed E-state index contributed by atoms with van der Waals surface area (Å²) in [6.07, 6.45) is 5.70. The van der Waals surface area contributed by atoms with Crippen LogP contribution in [-0.2, 0) is 4.79 Å². The molecule has 0 aromatic heterocycles. The monoisotopic (exact) mass is 296 g/mol. The number of amides is 1. The molecule has 0 radical (unpaired) electrons. The van der Waals surface area contributed by atoms with Crippen molar-refractivity contribution in [1.82, 2.24) is 16.0 Å². The van der Waals surface area contributed by atoms with Gasteiger partial charge in [-0.2, -0.15) is 0 Å². The van der Waals surface area contributed by atoms with Crippen molar-refractivity contribution in [3.63, 3.8) is 0 Å². The van der Waals surface area contributed by atoms with E-state index in [2.05, 4.69) is 41.7 Å². The molecule has 1 fully saturated rings. The Balaban J connectivity index is 2.12. The first-order valence-corrected chi connectivity index (χ1v) is 8.26. The van der Waals surface area contributed by atoms with Gasteiger partial charge in [0.25, 0.3) is 0 Å². The highest BCUT2D eigenvalue weighted by atomic mass is 16.1. The van der Waals surface area contributed by atoms with Crippen LogP contribution in [0, 0.1) is 11.8 Å². The fourth-order valence-corrected chi connectivity index (χ4v) is 2.51. The van der Waals surface area contributed by atoms with Gasteiger partial charge in [-0.25, -0.2) is 0 Å². The van der Waals surface area contributed by atoms with Crippen LogP contribution in [0.4, 0.5) is 0 Å². The van der Waals surface area contributed by atoms with Crippen LogP contribution in [0.2, 0.25) is 0 Å². The molecule has 1 amide bonds. The number of nitrogens with one attached hydrogen (secondary N) is 3. The van der Waals surface area contributed by atoms with Gasteiger partial charge < -0.3 is 16.0 Å². The zero-order valence-corrected chi connectivity index (χ0v) is 14.0. The SMILES string of the molecule is CN=C(NCCNC(=O)CC1CCCC1)NC(C)C(C)C. The van der Waals surface area contributed by atoms with Crippen molar-refractivity contribution in [2.24, 2.45) is 16.8 Å². The van der Waals surface area contributed by atoms with E-state index in [-0.39, 0.29) is 5.91 Å². The molecule has 1 aliphatic rings. The zero-order chi connectivity index (χ0) is 15.7. The van der Waals surface area contributed by atoms with Crippen molar-refractivity contribution >= 4 is 11.9 Å². The Kier molecular flexibility index (Phi) is 8.16. The van der Waals surface area contributed by atoms with Crippen LogP contribution in [0.1, 0.15) is 52.9 Å². The first-order valence-electron chi connectivity index (χ1n) is 8.26. The number of aliphatic imine (C=N–C) groups is 1. The average molecular weight is 296 g/mol. The molecule has 122 valence electrons. The van der Waals surface area contributed by atoms with Gasteiger partial charge in [0.05, 0.1) is 0 Å². The first-order chi connectivity index (χ1) is 10.0. The molecule has 0 bridgehead atoms. The quantitative estimate of drug-likeness (QED) is 0.382. The Labute approximate surface area is 129 Å². The third-order valence-corrected chi connectivity index (χ3v) is 4.28. The molecule has 1 atom stereocenters. The Morgan fingerprint density at radius 1 is 1.14 bits per heavy atom. The summed E-state index contributed by atoms with van der Waals surface area (Å²) in [7, 11) is 1.76. The summed E-state index contributed by atoms with van der Waals surface area (Å²) in [5.41, 5.74) is 0. The molecule has 0 aliphatic heterocycles. The molecule has 1 saturated carbocycles. The van der Waals surface area contributed by atoms with Gasteiger partial charge in [0, 0.05) is 32.6 Å². The van der Waals surface area contributed by atoms with E-state index in [4.69, 9.17) is 0 Å². The largest absolute Gasteiger partial charge is 0.355 e. The number of hydrogen-bond donors (Lipinski definition) is 3. The van der Waals surface area contributed by atoms with Gasteiger partial charge >= 0.3 is 0 Å². The molecule has 3 N–H and O–H groups in total. The molecule has 5 heteroatoms. The predicted octanol–water partition coefficient (Wildman–Crippen LogP) is 1.89. The lowest BCUT2D eigenvalue weighted by molar-refractivity contribution is -0.121. The maximum Gasteiger partial charge on any atom is 0.220 e. The van der Waals surface area contributed by atoms with Gasteiger partial charge in [0.2, 0.25) is 5.91 Å². The molecule has 0 saturated heterocycles. The summed E-state index contributed by atoms with van der Waals surface area (Å²) in [5.74, 6) is 2.14. The van der Waals surface area contributed by atoms with Crippen LogP contribution in [-0.4, -0.2) is 38.0 Å². The van der Waals surface area contributed by atoms with Crippen molar-refractivity contribution in [1.29, 1.82) is 0 Å². The lowest BCUT2D eigenvalue weighted by atomic mass is 10.0. The van der Waals surface area contributed by atoms with Crippen molar-refractivity contribution in [3.05, 3.63) is 0 Å². The number of carbonyl (C=O) groups excluding carboxylic acids is 1. The lowest BCUT2D eigenvalue weighted by Gasteiger charge is -2.20. The van der Waals surface area contributed by atoms with Crippen molar-refractivity contribution < 1.29 is 4.79 Å². The van der Waals surface area contributed by atoms with Crippen molar-refractivity contribution in [2.75, 3.05) is 20.1 Å². The molecular formula is C16H32N4O.